The average Bonchev–Trinajstić information content (AvgIpc) is 3.00. The van der Waals surface area contributed by atoms with Crippen LogP contribution in [0.1, 0.15) is 43.8 Å². The van der Waals surface area contributed by atoms with Crippen LogP contribution in [0.5, 0.6) is 0 Å². The number of amides is 2. The molecule has 2 aromatic rings. The lowest BCUT2D eigenvalue weighted by Crippen LogP contribution is -2.37. The molecule has 7 heteroatoms. The normalized spacial score (nSPS) is 12.5. The highest BCUT2D eigenvalue weighted by Gasteiger charge is 2.15. The highest BCUT2D eigenvalue weighted by molar-refractivity contribution is 5.89. The molecule has 2 rings (SSSR count). The van der Waals surface area contributed by atoms with Gasteiger partial charge >= 0.3 is 6.03 Å². The van der Waals surface area contributed by atoms with E-state index in [1.807, 2.05) is 40.8 Å². The Morgan fingerprint density at radius 3 is 2.64 bits per heavy atom. The lowest BCUT2D eigenvalue weighted by molar-refractivity contribution is 0.249. The minimum atomic E-state index is -0.248. The molecule has 0 unspecified atom stereocenters. The van der Waals surface area contributed by atoms with Crippen molar-refractivity contribution in [3.8, 4) is 0 Å². The van der Waals surface area contributed by atoms with Gasteiger partial charge in [0.1, 0.15) is 5.76 Å². The van der Waals surface area contributed by atoms with Gasteiger partial charge in [0.25, 0.3) is 0 Å². The van der Waals surface area contributed by atoms with Crippen molar-refractivity contribution in [3.05, 3.63) is 29.4 Å². The number of hydrogen-bond donors (Lipinski definition) is 2. The van der Waals surface area contributed by atoms with E-state index in [4.69, 9.17) is 4.52 Å². The van der Waals surface area contributed by atoms with Gasteiger partial charge in [0, 0.05) is 23.8 Å². The predicted octanol–water partition coefficient (Wildman–Crippen LogP) is 2.82. The van der Waals surface area contributed by atoms with Crippen LogP contribution in [0, 0.1) is 13.8 Å². The minimum absolute atomic E-state index is 0.0306. The zero-order valence-corrected chi connectivity index (χ0v) is 13.7. The Kier molecular flexibility index (Phi) is 4.85. The zero-order valence-electron chi connectivity index (χ0n) is 13.7. The first-order valence-electron chi connectivity index (χ1n) is 7.40. The topological polar surface area (TPSA) is 85.0 Å². The number of anilines is 1. The summed E-state index contributed by atoms with van der Waals surface area (Å²) in [6.45, 7) is 9.79. The predicted molar refractivity (Wildman–Crippen MR) is 83.9 cm³/mol. The van der Waals surface area contributed by atoms with E-state index >= 15 is 0 Å². The van der Waals surface area contributed by atoms with Crippen LogP contribution in [0.25, 0.3) is 0 Å². The van der Waals surface area contributed by atoms with Crippen LogP contribution in [0.4, 0.5) is 10.5 Å². The molecule has 0 aliphatic heterocycles. The van der Waals surface area contributed by atoms with Gasteiger partial charge in [-0.05, 0) is 41.0 Å². The number of nitrogens with zero attached hydrogens (tertiary/aromatic N) is 3. The van der Waals surface area contributed by atoms with E-state index in [1.54, 1.807) is 10.9 Å². The van der Waals surface area contributed by atoms with Crippen molar-refractivity contribution in [2.75, 3.05) is 5.32 Å². The van der Waals surface area contributed by atoms with E-state index in [0.717, 1.165) is 17.0 Å². The quantitative estimate of drug-likeness (QED) is 0.889. The molecule has 2 heterocycles. The van der Waals surface area contributed by atoms with E-state index < -0.39 is 0 Å². The number of carbonyl (C=O) groups excluding carboxylic acids is 1. The first kappa shape index (κ1) is 16.1. The molecule has 0 saturated carbocycles. The second-order valence-electron chi connectivity index (χ2n) is 5.81. The van der Waals surface area contributed by atoms with Gasteiger partial charge < -0.3 is 15.2 Å². The summed E-state index contributed by atoms with van der Waals surface area (Å²) < 4.78 is 6.93. The van der Waals surface area contributed by atoms with Crippen molar-refractivity contribution in [2.45, 2.75) is 53.1 Å². The van der Waals surface area contributed by atoms with Crippen LogP contribution in [0.15, 0.2) is 16.9 Å². The van der Waals surface area contributed by atoms with Crippen LogP contribution in [0.3, 0.4) is 0 Å². The Hall–Kier alpha value is -2.31. The fourth-order valence-corrected chi connectivity index (χ4v) is 2.23. The molecule has 2 aromatic heterocycles. The summed E-state index contributed by atoms with van der Waals surface area (Å²) in [4.78, 5) is 12.0. The third-order valence-corrected chi connectivity index (χ3v) is 3.46. The molecule has 0 saturated heterocycles. The van der Waals surface area contributed by atoms with Crippen molar-refractivity contribution >= 4 is 11.7 Å². The average molecular weight is 305 g/mol. The molecular formula is C15H23N5O2. The fourth-order valence-electron chi connectivity index (χ4n) is 2.23. The molecule has 0 aromatic carbocycles. The Morgan fingerprint density at radius 1 is 1.36 bits per heavy atom. The van der Waals surface area contributed by atoms with E-state index in [9.17, 15) is 4.79 Å². The van der Waals surface area contributed by atoms with Crippen molar-refractivity contribution in [1.29, 1.82) is 0 Å². The summed E-state index contributed by atoms with van der Waals surface area (Å²) in [5.41, 5.74) is 2.58. The number of hydrogen-bond acceptors (Lipinski definition) is 4. The monoisotopic (exact) mass is 305 g/mol. The van der Waals surface area contributed by atoms with Crippen molar-refractivity contribution < 1.29 is 9.32 Å². The number of aryl methyl sites for hydroxylation is 2. The van der Waals surface area contributed by atoms with Crippen molar-refractivity contribution in [1.82, 2.24) is 20.3 Å². The molecule has 22 heavy (non-hydrogen) atoms. The van der Waals surface area contributed by atoms with Gasteiger partial charge in [-0.1, -0.05) is 5.16 Å². The van der Waals surface area contributed by atoms with Crippen LogP contribution < -0.4 is 10.6 Å². The molecule has 0 radical (unpaired) electrons. The van der Waals surface area contributed by atoms with Gasteiger partial charge in [0.15, 0.2) is 0 Å². The highest BCUT2D eigenvalue weighted by Crippen LogP contribution is 2.14. The summed E-state index contributed by atoms with van der Waals surface area (Å²) in [6, 6.07) is -0.0170. The van der Waals surface area contributed by atoms with E-state index in [0.29, 0.717) is 12.1 Å². The molecule has 0 bridgehead atoms. The Morgan fingerprint density at radius 2 is 2.09 bits per heavy atom. The number of urea groups is 1. The SMILES string of the molecule is Cc1noc(C)c1C[C@@H](C)NC(=O)Nc1cnn(C(C)C)c1. The molecule has 7 nitrogen and oxygen atoms in total. The van der Waals surface area contributed by atoms with Crippen LogP contribution in [-0.4, -0.2) is 27.0 Å². The molecule has 0 aliphatic carbocycles. The minimum Gasteiger partial charge on any atom is -0.361 e. The van der Waals surface area contributed by atoms with Crippen LogP contribution in [-0.2, 0) is 6.42 Å². The highest BCUT2D eigenvalue weighted by atomic mass is 16.5. The first-order valence-corrected chi connectivity index (χ1v) is 7.40. The second kappa shape index (κ2) is 6.64. The largest absolute Gasteiger partial charge is 0.361 e. The maximum atomic E-state index is 12.0. The van der Waals surface area contributed by atoms with Crippen molar-refractivity contribution in [3.63, 3.8) is 0 Å². The number of aromatic nitrogens is 3. The number of carbonyl (C=O) groups is 1. The molecular weight excluding hydrogens is 282 g/mol. The lowest BCUT2D eigenvalue weighted by atomic mass is 10.1. The number of nitrogens with one attached hydrogen (secondary N) is 2. The lowest BCUT2D eigenvalue weighted by Gasteiger charge is -2.14. The Bertz CT molecular complexity index is 625. The summed E-state index contributed by atoms with van der Waals surface area (Å²) >= 11 is 0. The molecule has 0 fully saturated rings. The summed E-state index contributed by atoms with van der Waals surface area (Å²) in [7, 11) is 0. The number of rotatable bonds is 5. The molecule has 0 aliphatic rings. The summed E-state index contributed by atoms with van der Waals surface area (Å²) in [5.74, 6) is 0.796. The van der Waals surface area contributed by atoms with E-state index in [-0.39, 0.29) is 18.1 Å². The second-order valence-corrected chi connectivity index (χ2v) is 5.81. The van der Waals surface area contributed by atoms with Crippen LogP contribution in [0.2, 0.25) is 0 Å². The van der Waals surface area contributed by atoms with Gasteiger partial charge in [0.2, 0.25) is 0 Å². The van der Waals surface area contributed by atoms with E-state index in [2.05, 4.69) is 20.9 Å². The Labute approximate surface area is 130 Å². The smallest absolute Gasteiger partial charge is 0.319 e. The maximum Gasteiger partial charge on any atom is 0.319 e. The van der Waals surface area contributed by atoms with Gasteiger partial charge in [0.05, 0.1) is 17.6 Å². The third kappa shape index (κ3) is 3.87. The van der Waals surface area contributed by atoms with Gasteiger partial charge in [-0.2, -0.15) is 5.10 Å². The summed E-state index contributed by atoms with van der Waals surface area (Å²) in [6.07, 6.45) is 4.13. The standard InChI is InChI=1S/C15H23N5O2/c1-9(2)20-8-13(7-16-20)18-15(21)17-10(3)6-14-11(4)19-22-12(14)5/h7-10H,6H2,1-5H3,(H2,17,18,21)/t10-/m1/s1. The Balaban J connectivity index is 1.88. The van der Waals surface area contributed by atoms with E-state index in [1.165, 1.54) is 0 Å². The van der Waals surface area contributed by atoms with Gasteiger partial charge in [-0.15, -0.1) is 0 Å². The third-order valence-electron chi connectivity index (χ3n) is 3.46. The molecule has 2 N–H and O–H groups in total. The fraction of sp³-hybridized carbons (Fsp3) is 0.533. The molecule has 1 atom stereocenters. The molecule has 120 valence electrons. The first-order chi connectivity index (χ1) is 10.4. The molecule has 2 amide bonds. The summed E-state index contributed by atoms with van der Waals surface area (Å²) in [5, 5.41) is 13.8. The van der Waals surface area contributed by atoms with Crippen LogP contribution >= 0.6 is 0 Å². The zero-order chi connectivity index (χ0) is 16.3. The molecule has 0 spiro atoms. The van der Waals surface area contributed by atoms with Gasteiger partial charge in [-0.3, -0.25) is 4.68 Å². The van der Waals surface area contributed by atoms with Crippen molar-refractivity contribution in [2.24, 2.45) is 0 Å². The van der Waals surface area contributed by atoms with Gasteiger partial charge in [-0.25, -0.2) is 4.79 Å². The maximum absolute atomic E-state index is 12.0.